The molecule has 2 N–H and O–H groups in total. The molecule has 5 nitrogen and oxygen atoms in total. The molecule has 0 aliphatic carbocycles. The van der Waals surface area contributed by atoms with E-state index in [0.29, 0.717) is 10.3 Å². The molecule has 11 aromatic rings. The average Bonchev–Trinajstić information content (AvgIpc) is 1.60. The molecule has 3 radical (unpaired) electrons. The van der Waals surface area contributed by atoms with Gasteiger partial charge in [-0.15, -0.1) is 59.3 Å². The Balaban J connectivity index is -0.000000126. The average molecular weight is 1790 g/mol. The molecule has 0 aliphatic rings. The van der Waals surface area contributed by atoms with Gasteiger partial charge in [0.1, 0.15) is 20.0 Å². The Morgan fingerprint density at radius 3 is 0.925 bits per heavy atom. The smallest absolute Gasteiger partial charge is 0.697 e. The molecule has 0 saturated carbocycles. The zero-order chi connectivity index (χ0) is 80.2. The third-order valence-electron chi connectivity index (χ3n) is 10.7. The van der Waals surface area contributed by atoms with Crippen LogP contribution < -0.4 is 5.73 Å². The summed E-state index contributed by atoms with van der Waals surface area (Å²) in [4.78, 5) is 25.6. The van der Waals surface area contributed by atoms with Crippen LogP contribution in [0.3, 0.4) is 0 Å². The summed E-state index contributed by atoms with van der Waals surface area (Å²) < 4.78 is 2.08. The van der Waals surface area contributed by atoms with E-state index in [1.54, 1.807) is 46.1 Å². The number of halogens is 3. The summed E-state index contributed by atoms with van der Waals surface area (Å²) in [6.07, 6.45) is 31.5. The predicted molar refractivity (Wildman–Crippen MR) is 479 cm³/mol. The Kier molecular flexibility index (Phi) is 99.5. The molecule has 0 spiro atoms. The van der Waals surface area contributed by atoms with Crippen LogP contribution in [-0.2, 0) is 55.7 Å². The number of carbonyl (C=O) groups excluding carboxylic acids is 1. The number of hydrogen-bond donors (Lipinski definition) is 1. The first kappa shape index (κ1) is 120. The SMILES string of the molecule is Brc1ccc(-c2csc(-c3ccccc3)n2)cc1.C#C[CH2-].C=C.CC.CC.CC.CC.CC.CC.CC.CC.NC(=S)c1ccccc1.O=C(CBr)c1ccc(Br)cc1.[C-]#C.[C-]#C.[C-]#C.[CH2-]C#Cc1ccc(-c2csc(-c3ccccc3)n2)cc1.[CH2-]c1ccc(-c2csc(-c3ccccc3)n2)cc1.[V+2].[V+2].[V+2]. The van der Waals surface area contributed by atoms with Gasteiger partial charge in [-0.05, 0) is 29.8 Å². The van der Waals surface area contributed by atoms with E-state index in [2.05, 4.69) is 206 Å². The maximum atomic E-state index is 11.1. The fourth-order valence-corrected chi connectivity index (χ4v) is 10.3. The first-order valence-electron chi connectivity index (χ1n) is 33.4. The number of carbonyl (C=O) groups is 1. The Labute approximate surface area is 722 Å². The molecule has 8 aromatic carbocycles. The van der Waals surface area contributed by atoms with Crippen molar-refractivity contribution in [1.29, 1.82) is 0 Å². The van der Waals surface area contributed by atoms with Gasteiger partial charge in [0.05, 0.1) is 22.4 Å². The molecule has 0 unspecified atom stereocenters. The summed E-state index contributed by atoms with van der Waals surface area (Å²) in [6, 6.07) is 72.1. The van der Waals surface area contributed by atoms with E-state index in [4.69, 9.17) is 42.2 Å². The van der Waals surface area contributed by atoms with Crippen LogP contribution in [0.5, 0.6) is 0 Å². The Morgan fingerprint density at radius 1 is 0.434 bits per heavy atom. The third kappa shape index (κ3) is 53.3. The number of nitrogens with zero attached hydrogens (tertiary/aromatic N) is 3. The standard InChI is InChI=1S/C18H12NS.C16H12NS.C15H10BrNS.C8H6Br2O.C7H7NS.C3H3.8C2H6.C2H4.3C2H.3V/c1-2-6-14-9-11-15(12-10-14)17-13-20-18(19-17)16-7-4-3-5-8-16;1-12-7-9-13(10-8-12)15-11-18-16(17-15)14-5-3-2-4-6-14;16-13-8-6-11(7-9-13)14-10-18-15(17-14)12-4-2-1-3-5-12;9-5-8(11)6-1-3-7(10)4-2-6;8-7(9)6-4-2-1-3-5-6;1-3-2;12*1-2;;;/h3-5,7-13H,1H2;2-11H,1H2;1-10H;1-4H,5H2;1-5H,(H2,8,9);1H,2H2;8*1-2H3;1-2H2;3*1H;;;/q2*-1;;;;-1;;;;;;;;;;3*-1;3*+2. The molecule has 555 valence electrons. The first-order chi connectivity index (χ1) is 50.5. The second-order valence-corrected chi connectivity index (χ2v) is 21.7. The molecule has 3 heterocycles. The van der Waals surface area contributed by atoms with E-state index >= 15 is 0 Å². The zero-order valence-electron chi connectivity index (χ0n) is 64.5. The summed E-state index contributed by atoms with van der Waals surface area (Å²) in [5.74, 6) is 7.70. The van der Waals surface area contributed by atoms with Gasteiger partial charge in [-0.2, -0.15) is 38.5 Å². The van der Waals surface area contributed by atoms with Crippen molar-refractivity contribution in [3.63, 3.8) is 0 Å². The van der Waals surface area contributed by atoms with Gasteiger partial charge in [0.25, 0.3) is 0 Å². The van der Waals surface area contributed by atoms with Crippen molar-refractivity contribution < 1.29 is 60.5 Å². The molecule has 0 bridgehead atoms. The number of terminal acetylenes is 4. The number of aromatic nitrogens is 3. The number of thiocarbonyl (C=S) groups is 1. The Hall–Kier alpha value is -7.45. The molecular weight excluding hydrogens is 1690 g/mol. The normalized spacial score (nSPS) is 7.77. The fourth-order valence-electron chi connectivity index (χ4n) is 6.80. The number of nitrogens with two attached hydrogens (primary N) is 1. The van der Waals surface area contributed by atoms with Crippen molar-refractivity contribution >= 4 is 105 Å². The quantitative estimate of drug-likeness (QED) is 0.0387. The minimum atomic E-state index is 0. The van der Waals surface area contributed by atoms with Crippen LogP contribution in [0.15, 0.2) is 257 Å². The summed E-state index contributed by atoms with van der Waals surface area (Å²) >= 11 is 19.6. The molecule has 0 saturated heterocycles. The van der Waals surface area contributed by atoms with Crippen LogP contribution in [0.1, 0.15) is 138 Å². The van der Waals surface area contributed by atoms with Crippen LogP contribution >= 0.6 is 94.0 Å². The van der Waals surface area contributed by atoms with Crippen molar-refractivity contribution in [3.8, 4) is 109 Å². The van der Waals surface area contributed by atoms with Crippen LogP contribution in [-0.4, -0.2) is 31.1 Å². The van der Waals surface area contributed by atoms with E-state index in [1.807, 2.05) is 262 Å². The molecule has 106 heavy (non-hydrogen) atoms. The monoisotopic (exact) mass is 1790 g/mol. The van der Waals surface area contributed by atoms with E-state index in [0.717, 1.165) is 85.6 Å². The van der Waals surface area contributed by atoms with Crippen LogP contribution in [0.2, 0.25) is 0 Å². The largest absolute Gasteiger partial charge is 2.00 e. The van der Waals surface area contributed by atoms with Gasteiger partial charge in [0, 0.05) is 64.0 Å². The van der Waals surface area contributed by atoms with Crippen LogP contribution in [0, 0.1) is 83.5 Å². The van der Waals surface area contributed by atoms with Crippen molar-refractivity contribution in [2.24, 2.45) is 5.73 Å². The van der Waals surface area contributed by atoms with Gasteiger partial charge >= 0.3 is 55.7 Å². The number of alkyl halides is 1. The zero-order valence-corrected chi connectivity index (χ0v) is 76.7. The minimum Gasteiger partial charge on any atom is -0.697 e. The molecule has 15 heteroatoms. The number of ketones is 1. The van der Waals surface area contributed by atoms with Gasteiger partial charge in [0.15, 0.2) is 5.78 Å². The van der Waals surface area contributed by atoms with E-state index in [1.165, 1.54) is 11.1 Å². The molecule has 0 aliphatic heterocycles. The van der Waals surface area contributed by atoms with Gasteiger partial charge < -0.3 is 56.6 Å². The molecule has 0 atom stereocenters. The number of hydrogen-bond acceptors (Lipinski definition) is 8. The molecule has 3 aromatic heterocycles. The summed E-state index contributed by atoms with van der Waals surface area (Å²) in [5, 5.41) is 9.84. The van der Waals surface area contributed by atoms with Crippen LogP contribution in [0.4, 0.5) is 0 Å². The third-order valence-corrected chi connectivity index (χ3v) is 15.2. The predicted octanol–water partition coefficient (Wildman–Crippen LogP) is 29.0. The first-order valence-corrected chi connectivity index (χ1v) is 39.1. The number of Topliss-reactive ketones (excluding diaryl/α,β-unsaturated/α-hetero) is 1. The Bertz CT molecular complexity index is 3750. The second-order valence-electron chi connectivity index (χ2n) is 16.3. The maximum Gasteiger partial charge on any atom is 2.00 e. The van der Waals surface area contributed by atoms with Gasteiger partial charge in [-0.25, -0.2) is 15.0 Å². The molecule has 0 fully saturated rings. The van der Waals surface area contributed by atoms with Crippen molar-refractivity contribution in [3.05, 3.63) is 319 Å². The van der Waals surface area contributed by atoms with Gasteiger partial charge in [-0.1, -0.05) is 346 Å². The van der Waals surface area contributed by atoms with E-state index in [9.17, 15) is 4.79 Å². The molecule has 11 rings (SSSR count). The molecular formula is C91H105Br3N4OS4V3. The maximum absolute atomic E-state index is 11.1. The van der Waals surface area contributed by atoms with Crippen molar-refractivity contribution in [2.75, 3.05) is 5.33 Å². The summed E-state index contributed by atoms with van der Waals surface area (Å²) in [6.45, 7) is 48.4. The summed E-state index contributed by atoms with van der Waals surface area (Å²) in [7, 11) is 0. The van der Waals surface area contributed by atoms with E-state index in [-0.39, 0.29) is 61.5 Å². The fraction of sp³-hybridized carbons (Fsp3) is 0.187. The van der Waals surface area contributed by atoms with Crippen molar-refractivity contribution in [2.45, 2.75) is 111 Å². The van der Waals surface area contributed by atoms with Crippen molar-refractivity contribution in [1.82, 2.24) is 15.0 Å². The second kappa shape index (κ2) is 88.2. The molecule has 0 amide bonds. The van der Waals surface area contributed by atoms with E-state index < -0.39 is 0 Å². The van der Waals surface area contributed by atoms with Gasteiger partial charge in [0.2, 0.25) is 0 Å². The van der Waals surface area contributed by atoms with Gasteiger partial charge in [-0.3, -0.25) is 16.6 Å². The number of benzene rings is 8. The number of rotatable bonds is 9. The number of thiazole rings is 3. The Morgan fingerprint density at radius 2 is 0.679 bits per heavy atom. The summed E-state index contributed by atoms with van der Waals surface area (Å²) in [5.41, 5.74) is 19.0. The minimum absolute atomic E-state index is 0. The van der Waals surface area contributed by atoms with Crippen LogP contribution in [0.25, 0.3) is 65.5 Å². The topological polar surface area (TPSA) is 81.8 Å².